The number of fused-ring (bicyclic) bond motifs is 1. The molecule has 2 atom stereocenters. The van der Waals surface area contributed by atoms with E-state index in [1.807, 2.05) is 0 Å². The van der Waals surface area contributed by atoms with E-state index in [0.29, 0.717) is 12.0 Å². The Morgan fingerprint density at radius 3 is 3.00 bits per heavy atom. The van der Waals surface area contributed by atoms with Gasteiger partial charge in [-0.05, 0) is 6.20 Å². The highest BCUT2D eigenvalue weighted by atomic mass is 79.9. The van der Waals surface area contributed by atoms with Crippen LogP contribution in [0, 0.1) is 5.92 Å². The smallest absolute Gasteiger partial charge is 0.0576 e. The van der Waals surface area contributed by atoms with Gasteiger partial charge in [-0.25, -0.2) is 0 Å². The zero-order chi connectivity index (χ0) is 7.84. The van der Waals surface area contributed by atoms with E-state index in [1.54, 1.807) is 0 Å². The van der Waals surface area contributed by atoms with Crippen LogP contribution in [0.5, 0.6) is 0 Å². The normalized spacial score (nSPS) is 34.0. The van der Waals surface area contributed by atoms with Gasteiger partial charge >= 0.3 is 0 Å². The fraction of sp³-hybridized carbons (Fsp3) is 0.333. The lowest BCUT2D eigenvalue weighted by molar-refractivity contribution is 0.379. The molecule has 0 amide bonds. The molecule has 1 aliphatic carbocycles. The number of nitrogens with zero attached hydrogens (tertiary/aromatic N) is 1. The van der Waals surface area contributed by atoms with Crippen LogP contribution >= 0.6 is 15.9 Å². The fourth-order valence-electron chi connectivity index (χ4n) is 1.58. The summed E-state index contributed by atoms with van der Waals surface area (Å²) in [6.45, 7) is 0. The van der Waals surface area contributed by atoms with Crippen LogP contribution in [0.2, 0.25) is 0 Å². The quantitative estimate of drug-likeness (QED) is 0.595. The molecule has 0 saturated carbocycles. The van der Waals surface area contributed by atoms with Crippen LogP contribution in [0.25, 0.3) is 0 Å². The Balaban J connectivity index is 2.30. The fourth-order valence-corrected chi connectivity index (χ4v) is 2.15. The van der Waals surface area contributed by atoms with E-state index in [1.165, 1.54) is 4.48 Å². The lowest BCUT2D eigenvalue weighted by Crippen LogP contribution is -2.27. The van der Waals surface area contributed by atoms with Crippen LogP contribution in [0.15, 0.2) is 35.0 Å². The molecule has 2 aliphatic rings. The standard InChI is InChI=1S/C9H10BrN/c1-11-6-5-7-8(10)3-2-4-9(7)11/h2-7,9H,1H3. The first-order chi connectivity index (χ1) is 5.29. The Labute approximate surface area is 75.2 Å². The SMILES string of the molecule is CN1C=CC2C(Br)=CC=CC21. The molecule has 2 rings (SSSR count). The van der Waals surface area contributed by atoms with Gasteiger partial charge in [-0.2, -0.15) is 0 Å². The van der Waals surface area contributed by atoms with Crippen molar-refractivity contribution >= 4 is 15.9 Å². The lowest BCUT2D eigenvalue weighted by Gasteiger charge is -2.25. The second-order valence-corrected chi connectivity index (χ2v) is 3.88. The maximum absolute atomic E-state index is 3.55. The van der Waals surface area contributed by atoms with Gasteiger partial charge in [-0.1, -0.05) is 40.2 Å². The lowest BCUT2D eigenvalue weighted by atomic mass is 9.97. The van der Waals surface area contributed by atoms with Crippen LogP contribution in [0.3, 0.4) is 0 Å². The first-order valence-electron chi connectivity index (χ1n) is 3.73. The second kappa shape index (κ2) is 2.52. The van der Waals surface area contributed by atoms with Crippen molar-refractivity contribution in [2.45, 2.75) is 6.04 Å². The third kappa shape index (κ3) is 1.06. The minimum atomic E-state index is 0.536. The number of hydrogen-bond donors (Lipinski definition) is 0. The van der Waals surface area contributed by atoms with E-state index >= 15 is 0 Å². The molecule has 0 aromatic rings. The van der Waals surface area contributed by atoms with Crippen molar-refractivity contribution in [3.05, 3.63) is 35.0 Å². The van der Waals surface area contributed by atoms with E-state index in [9.17, 15) is 0 Å². The van der Waals surface area contributed by atoms with E-state index in [0.717, 1.165) is 0 Å². The average molecular weight is 212 g/mol. The van der Waals surface area contributed by atoms with Gasteiger partial charge in [0.15, 0.2) is 0 Å². The molecule has 0 aromatic heterocycles. The zero-order valence-corrected chi connectivity index (χ0v) is 7.95. The highest BCUT2D eigenvalue weighted by molar-refractivity contribution is 9.11. The van der Waals surface area contributed by atoms with Gasteiger partial charge in [0.2, 0.25) is 0 Å². The summed E-state index contributed by atoms with van der Waals surface area (Å²) in [6, 6.07) is 0.536. The Morgan fingerprint density at radius 2 is 2.27 bits per heavy atom. The largest absolute Gasteiger partial charge is 0.373 e. The van der Waals surface area contributed by atoms with Gasteiger partial charge in [0.05, 0.1) is 6.04 Å². The third-order valence-corrected chi connectivity index (χ3v) is 3.04. The Morgan fingerprint density at radius 1 is 1.45 bits per heavy atom. The van der Waals surface area contributed by atoms with Crippen molar-refractivity contribution in [3.63, 3.8) is 0 Å². The molecule has 58 valence electrons. The van der Waals surface area contributed by atoms with Crippen molar-refractivity contribution in [1.82, 2.24) is 4.90 Å². The van der Waals surface area contributed by atoms with E-state index in [4.69, 9.17) is 0 Å². The number of likely N-dealkylation sites (N-methyl/N-ethyl adjacent to an activating group) is 1. The van der Waals surface area contributed by atoms with Crippen molar-refractivity contribution in [2.24, 2.45) is 5.92 Å². The number of halogens is 1. The molecule has 1 nitrogen and oxygen atoms in total. The Bertz CT molecular complexity index is 252. The maximum Gasteiger partial charge on any atom is 0.0576 e. The topological polar surface area (TPSA) is 3.24 Å². The molecular formula is C9H10BrN. The van der Waals surface area contributed by atoms with E-state index in [2.05, 4.69) is 58.4 Å². The summed E-state index contributed by atoms with van der Waals surface area (Å²) in [5.74, 6) is 0.546. The summed E-state index contributed by atoms with van der Waals surface area (Å²) in [7, 11) is 2.11. The van der Waals surface area contributed by atoms with Crippen LogP contribution in [-0.4, -0.2) is 18.0 Å². The summed E-state index contributed by atoms with van der Waals surface area (Å²) < 4.78 is 1.28. The summed E-state index contributed by atoms with van der Waals surface area (Å²) in [5.41, 5.74) is 0. The number of rotatable bonds is 0. The van der Waals surface area contributed by atoms with Crippen LogP contribution in [-0.2, 0) is 0 Å². The first kappa shape index (κ1) is 7.17. The van der Waals surface area contributed by atoms with Gasteiger partial charge in [0, 0.05) is 17.4 Å². The van der Waals surface area contributed by atoms with Crippen molar-refractivity contribution < 1.29 is 0 Å². The first-order valence-corrected chi connectivity index (χ1v) is 4.52. The Kier molecular flexibility index (Phi) is 1.64. The molecule has 0 N–H and O–H groups in total. The van der Waals surface area contributed by atoms with Crippen molar-refractivity contribution in [2.75, 3.05) is 7.05 Å². The average Bonchev–Trinajstić information content (AvgIpc) is 2.35. The highest BCUT2D eigenvalue weighted by Gasteiger charge is 2.27. The highest BCUT2D eigenvalue weighted by Crippen LogP contribution is 2.33. The van der Waals surface area contributed by atoms with Crippen LogP contribution in [0.1, 0.15) is 0 Å². The number of allylic oxidation sites excluding steroid dienone is 2. The predicted octanol–water partition coefficient (Wildman–Crippen LogP) is 2.28. The second-order valence-electron chi connectivity index (χ2n) is 2.96. The van der Waals surface area contributed by atoms with Gasteiger partial charge in [-0.15, -0.1) is 0 Å². The molecule has 0 bridgehead atoms. The Hall–Kier alpha value is -0.500. The molecule has 0 radical (unpaired) electrons. The van der Waals surface area contributed by atoms with Gasteiger partial charge in [-0.3, -0.25) is 0 Å². The van der Waals surface area contributed by atoms with Gasteiger partial charge in [0.1, 0.15) is 0 Å². The molecule has 11 heavy (non-hydrogen) atoms. The van der Waals surface area contributed by atoms with Gasteiger partial charge < -0.3 is 4.90 Å². The molecular weight excluding hydrogens is 202 g/mol. The molecule has 2 unspecified atom stereocenters. The molecule has 1 aliphatic heterocycles. The maximum atomic E-state index is 3.55. The van der Waals surface area contributed by atoms with Crippen molar-refractivity contribution in [3.8, 4) is 0 Å². The van der Waals surface area contributed by atoms with Crippen molar-refractivity contribution in [1.29, 1.82) is 0 Å². The van der Waals surface area contributed by atoms with E-state index < -0.39 is 0 Å². The molecule has 0 aromatic carbocycles. The monoisotopic (exact) mass is 211 g/mol. The predicted molar refractivity (Wildman–Crippen MR) is 50.3 cm³/mol. The van der Waals surface area contributed by atoms with Gasteiger partial charge in [0.25, 0.3) is 0 Å². The summed E-state index contributed by atoms with van der Waals surface area (Å²) in [6.07, 6.45) is 10.8. The summed E-state index contributed by atoms with van der Waals surface area (Å²) in [4.78, 5) is 2.23. The summed E-state index contributed by atoms with van der Waals surface area (Å²) in [5, 5.41) is 0. The molecule has 0 spiro atoms. The molecule has 2 heteroatoms. The molecule has 0 saturated heterocycles. The third-order valence-electron chi connectivity index (χ3n) is 2.25. The minimum Gasteiger partial charge on any atom is -0.373 e. The van der Waals surface area contributed by atoms with E-state index in [-0.39, 0.29) is 0 Å². The summed E-state index contributed by atoms with van der Waals surface area (Å²) >= 11 is 3.55. The minimum absolute atomic E-state index is 0.536. The molecule has 0 fully saturated rings. The van der Waals surface area contributed by atoms with Crippen LogP contribution < -0.4 is 0 Å². The van der Waals surface area contributed by atoms with Crippen LogP contribution in [0.4, 0.5) is 0 Å². The zero-order valence-electron chi connectivity index (χ0n) is 6.37. The molecule has 1 heterocycles. The number of hydrogen-bond acceptors (Lipinski definition) is 1.